The van der Waals surface area contributed by atoms with Crippen LogP contribution in [0.25, 0.3) is 0 Å². The summed E-state index contributed by atoms with van der Waals surface area (Å²) in [6, 6.07) is 23.5. The summed E-state index contributed by atoms with van der Waals surface area (Å²) in [4.78, 5) is 26.5. The molecule has 1 N–H and O–H groups in total. The van der Waals surface area contributed by atoms with Crippen LogP contribution >= 0.6 is 0 Å². The van der Waals surface area contributed by atoms with Crippen molar-refractivity contribution in [3.05, 3.63) is 102 Å². The summed E-state index contributed by atoms with van der Waals surface area (Å²) in [5.41, 5.74) is 2.00. The first-order valence-corrected chi connectivity index (χ1v) is 11.7. The van der Waals surface area contributed by atoms with Crippen molar-refractivity contribution < 1.29 is 22.4 Å². The van der Waals surface area contributed by atoms with Crippen LogP contribution in [-0.2, 0) is 32.5 Å². The second kappa shape index (κ2) is 10.7. The van der Waals surface area contributed by atoms with Gasteiger partial charge in [-0.05, 0) is 35.4 Å². The molecule has 0 aliphatic carbocycles. The van der Waals surface area contributed by atoms with Crippen molar-refractivity contribution in [3.8, 4) is 0 Å². The molecule has 6 nitrogen and oxygen atoms in total. The Morgan fingerprint density at radius 3 is 1.75 bits per heavy atom. The van der Waals surface area contributed by atoms with E-state index in [1.165, 1.54) is 17.0 Å². The maximum atomic E-state index is 13.0. The van der Waals surface area contributed by atoms with Crippen LogP contribution in [0.15, 0.2) is 84.9 Å². The highest BCUT2D eigenvalue weighted by Crippen LogP contribution is 2.12. The van der Waals surface area contributed by atoms with Gasteiger partial charge in [0.2, 0.25) is 11.8 Å². The second-order valence-electron chi connectivity index (χ2n) is 7.31. The van der Waals surface area contributed by atoms with Gasteiger partial charge in [-0.15, -0.1) is 0 Å². The van der Waals surface area contributed by atoms with Crippen LogP contribution in [0, 0.1) is 5.82 Å². The number of amides is 2. The quantitative estimate of drug-likeness (QED) is 0.537. The molecule has 166 valence electrons. The Balaban J connectivity index is 1.67. The molecular weight excluding hydrogens is 431 g/mol. The van der Waals surface area contributed by atoms with Crippen LogP contribution in [0.2, 0.25) is 0 Å². The number of hydrogen-bond acceptors (Lipinski definition) is 4. The summed E-state index contributed by atoms with van der Waals surface area (Å²) >= 11 is 0. The molecule has 0 saturated carbocycles. The van der Waals surface area contributed by atoms with E-state index in [-0.39, 0.29) is 18.8 Å². The average Bonchev–Trinajstić information content (AvgIpc) is 2.75. The van der Waals surface area contributed by atoms with Gasteiger partial charge in [0, 0.05) is 18.8 Å². The van der Waals surface area contributed by atoms with Crippen molar-refractivity contribution in [1.82, 2.24) is 4.90 Å². The standard InChI is InChI=1S/C24H23FN2O4S/c25-21-11-13-22(14-12-21)26-23(28)17-32(30,31)18-24(29)27(15-19-7-3-1-4-8-19)16-20-9-5-2-6-10-20/h1-14H,15-18H2,(H,26,28). The summed E-state index contributed by atoms with van der Waals surface area (Å²) < 4.78 is 38.0. The molecule has 0 unspecified atom stereocenters. The average molecular weight is 455 g/mol. The van der Waals surface area contributed by atoms with Gasteiger partial charge in [0.25, 0.3) is 0 Å². The highest BCUT2D eigenvalue weighted by atomic mass is 32.2. The Morgan fingerprint density at radius 2 is 1.25 bits per heavy atom. The van der Waals surface area contributed by atoms with Crippen molar-refractivity contribution in [2.24, 2.45) is 0 Å². The highest BCUT2D eigenvalue weighted by molar-refractivity contribution is 7.92. The molecule has 3 rings (SSSR count). The fraction of sp³-hybridized carbons (Fsp3) is 0.167. The van der Waals surface area contributed by atoms with Crippen molar-refractivity contribution in [1.29, 1.82) is 0 Å². The van der Waals surface area contributed by atoms with Gasteiger partial charge in [0.05, 0.1) is 0 Å². The molecule has 0 bridgehead atoms. The van der Waals surface area contributed by atoms with Crippen LogP contribution in [0.5, 0.6) is 0 Å². The minimum absolute atomic E-state index is 0.242. The first-order chi connectivity index (χ1) is 15.3. The van der Waals surface area contributed by atoms with Gasteiger partial charge < -0.3 is 10.2 Å². The lowest BCUT2D eigenvalue weighted by atomic mass is 10.1. The molecule has 32 heavy (non-hydrogen) atoms. The summed E-state index contributed by atoms with van der Waals surface area (Å²) in [5.74, 6) is -3.49. The topological polar surface area (TPSA) is 83.5 Å². The number of halogens is 1. The van der Waals surface area contributed by atoms with Crippen LogP contribution in [0.1, 0.15) is 11.1 Å². The predicted molar refractivity (Wildman–Crippen MR) is 121 cm³/mol. The van der Waals surface area contributed by atoms with Gasteiger partial charge in [-0.2, -0.15) is 0 Å². The lowest BCUT2D eigenvalue weighted by molar-refractivity contribution is -0.129. The van der Waals surface area contributed by atoms with Gasteiger partial charge in [-0.3, -0.25) is 9.59 Å². The molecule has 8 heteroatoms. The van der Waals surface area contributed by atoms with E-state index in [9.17, 15) is 22.4 Å². The van der Waals surface area contributed by atoms with Gasteiger partial charge in [0.15, 0.2) is 9.84 Å². The van der Waals surface area contributed by atoms with E-state index in [1.807, 2.05) is 60.7 Å². The van der Waals surface area contributed by atoms with Gasteiger partial charge in [-0.1, -0.05) is 60.7 Å². The summed E-state index contributed by atoms with van der Waals surface area (Å²) in [6.45, 7) is 0.484. The van der Waals surface area contributed by atoms with Crippen LogP contribution < -0.4 is 5.32 Å². The van der Waals surface area contributed by atoms with E-state index in [1.54, 1.807) is 0 Å². The summed E-state index contributed by atoms with van der Waals surface area (Å²) in [5, 5.41) is 2.40. The molecule has 0 radical (unpaired) electrons. The number of carbonyl (C=O) groups excluding carboxylic acids is 2. The molecule has 0 heterocycles. The van der Waals surface area contributed by atoms with Crippen LogP contribution in [-0.4, -0.2) is 36.6 Å². The molecule has 0 aromatic heterocycles. The fourth-order valence-corrected chi connectivity index (χ4v) is 4.23. The Morgan fingerprint density at radius 1 is 0.750 bits per heavy atom. The SMILES string of the molecule is O=C(CS(=O)(=O)CC(=O)N(Cc1ccccc1)Cc1ccccc1)Nc1ccc(F)cc1. The summed E-state index contributed by atoms with van der Waals surface area (Å²) in [6.07, 6.45) is 0. The van der Waals surface area contributed by atoms with Crippen molar-refractivity contribution in [2.45, 2.75) is 13.1 Å². The molecule has 0 spiro atoms. The van der Waals surface area contributed by atoms with Gasteiger partial charge >= 0.3 is 0 Å². The largest absolute Gasteiger partial charge is 0.333 e. The molecular formula is C24H23FN2O4S. The minimum atomic E-state index is -4.02. The minimum Gasteiger partial charge on any atom is -0.333 e. The second-order valence-corrected chi connectivity index (χ2v) is 9.37. The third-order valence-electron chi connectivity index (χ3n) is 4.61. The number of carbonyl (C=O) groups is 2. The molecule has 0 saturated heterocycles. The monoisotopic (exact) mass is 454 g/mol. The third-order valence-corrected chi connectivity index (χ3v) is 6.00. The first-order valence-electron chi connectivity index (χ1n) is 9.92. The number of anilines is 1. The molecule has 0 aliphatic heterocycles. The Labute approximate surface area is 186 Å². The lowest BCUT2D eigenvalue weighted by Gasteiger charge is -2.23. The maximum absolute atomic E-state index is 13.0. The Hall–Kier alpha value is -3.52. The maximum Gasteiger partial charge on any atom is 0.239 e. The normalized spacial score (nSPS) is 11.0. The van der Waals surface area contributed by atoms with Gasteiger partial charge in [0.1, 0.15) is 17.3 Å². The van der Waals surface area contributed by atoms with Crippen molar-refractivity contribution in [3.63, 3.8) is 0 Å². The number of benzene rings is 3. The van der Waals surface area contributed by atoms with Crippen LogP contribution in [0.3, 0.4) is 0 Å². The van der Waals surface area contributed by atoms with Crippen molar-refractivity contribution >= 4 is 27.3 Å². The van der Waals surface area contributed by atoms with E-state index < -0.39 is 39.0 Å². The lowest BCUT2D eigenvalue weighted by Crippen LogP contribution is -2.37. The van der Waals surface area contributed by atoms with E-state index in [0.717, 1.165) is 23.3 Å². The van der Waals surface area contributed by atoms with Gasteiger partial charge in [-0.25, -0.2) is 12.8 Å². The zero-order valence-electron chi connectivity index (χ0n) is 17.3. The fourth-order valence-electron chi connectivity index (χ4n) is 3.10. The van der Waals surface area contributed by atoms with E-state index in [0.29, 0.717) is 0 Å². The highest BCUT2D eigenvalue weighted by Gasteiger charge is 2.25. The molecule has 0 atom stereocenters. The van der Waals surface area contributed by atoms with E-state index >= 15 is 0 Å². The number of nitrogens with one attached hydrogen (secondary N) is 1. The molecule has 0 aliphatic rings. The number of rotatable bonds is 9. The number of nitrogens with zero attached hydrogens (tertiary/aromatic N) is 1. The summed E-state index contributed by atoms with van der Waals surface area (Å²) in [7, 11) is -4.02. The van der Waals surface area contributed by atoms with E-state index in [2.05, 4.69) is 5.32 Å². The first kappa shape index (κ1) is 23.1. The zero-order chi connectivity index (χ0) is 23.0. The third kappa shape index (κ3) is 7.31. The smallest absolute Gasteiger partial charge is 0.239 e. The zero-order valence-corrected chi connectivity index (χ0v) is 18.1. The number of hydrogen-bond donors (Lipinski definition) is 1. The Bertz CT molecular complexity index is 1110. The molecule has 3 aromatic rings. The van der Waals surface area contributed by atoms with Crippen LogP contribution in [0.4, 0.5) is 10.1 Å². The van der Waals surface area contributed by atoms with E-state index in [4.69, 9.17) is 0 Å². The molecule has 3 aromatic carbocycles. The molecule has 0 fully saturated rings. The Kier molecular flexibility index (Phi) is 7.72. The molecule has 2 amide bonds. The number of sulfone groups is 1. The predicted octanol–water partition coefficient (Wildman–Crippen LogP) is 3.41. The van der Waals surface area contributed by atoms with Crippen molar-refractivity contribution in [2.75, 3.05) is 16.8 Å².